The highest BCUT2D eigenvalue weighted by Gasteiger charge is 2.22. The van der Waals surface area contributed by atoms with E-state index in [-0.39, 0.29) is 12.3 Å². The number of aliphatic hydroxyl groups excluding tert-OH is 1. The lowest BCUT2D eigenvalue weighted by molar-refractivity contribution is -0.149. The molecule has 22 heavy (non-hydrogen) atoms. The summed E-state index contributed by atoms with van der Waals surface area (Å²) < 4.78 is 10.1. The number of furan rings is 1. The molecule has 2 rings (SSSR count). The van der Waals surface area contributed by atoms with E-state index in [9.17, 15) is 14.7 Å². The molecule has 2 N–H and O–H groups in total. The minimum Gasteiger partial charge on any atom is -0.467 e. The first-order chi connectivity index (χ1) is 10.4. The Labute approximate surface area is 128 Å². The van der Waals surface area contributed by atoms with Crippen LogP contribution in [0.1, 0.15) is 27.2 Å². The number of benzene rings is 1. The van der Waals surface area contributed by atoms with Crippen molar-refractivity contribution in [3.63, 3.8) is 0 Å². The van der Waals surface area contributed by atoms with Crippen LogP contribution in [0.15, 0.2) is 16.5 Å². The van der Waals surface area contributed by atoms with Crippen LogP contribution < -0.4 is 5.32 Å². The highest BCUT2D eigenvalue weighted by molar-refractivity contribution is 6.00. The Bertz CT molecular complexity index is 732. The zero-order chi connectivity index (χ0) is 16.4. The Balaban J connectivity index is 2.26. The van der Waals surface area contributed by atoms with Crippen LogP contribution >= 0.6 is 0 Å². The van der Waals surface area contributed by atoms with Gasteiger partial charge < -0.3 is 19.6 Å². The lowest BCUT2D eigenvalue weighted by Gasteiger charge is -2.08. The second-order valence-corrected chi connectivity index (χ2v) is 5.21. The number of hydrogen-bond donors (Lipinski definition) is 2. The lowest BCUT2D eigenvalue weighted by atomic mass is 10.0. The van der Waals surface area contributed by atoms with Crippen LogP contribution in [-0.2, 0) is 9.53 Å². The third-order valence-electron chi connectivity index (χ3n) is 3.62. The van der Waals surface area contributed by atoms with Gasteiger partial charge in [0.05, 0.1) is 13.7 Å². The summed E-state index contributed by atoms with van der Waals surface area (Å²) in [6, 6.07) is 3.91. The summed E-state index contributed by atoms with van der Waals surface area (Å²) in [6.07, 6.45) is -1.40. The first-order valence-corrected chi connectivity index (χ1v) is 6.90. The van der Waals surface area contributed by atoms with Gasteiger partial charge in [0.15, 0.2) is 11.9 Å². The Kier molecular flexibility index (Phi) is 4.51. The maximum absolute atomic E-state index is 12.2. The van der Waals surface area contributed by atoms with Gasteiger partial charge in [-0.3, -0.25) is 4.79 Å². The summed E-state index contributed by atoms with van der Waals surface area (Å²) in [6.45, 7) is 5.43. The van der Waals surface area contributed by atoms with Crippen molar-refractivity contribution < 1.29 is 23.8 Å². The molecule has 1 aromatic carbocycles. The molecule has 0 spiro atoms. The van der Waals surface area contributed by atoms with E-state index in [1.165, 1.54) is 7.11 Å². The summed E-state index contributed by atoms with van der Waals surface area (Å²) in [4.78, 5) is 23.3. The van der Waals surface area contributed by atoms with Gasteiger partial charge >= 0.3 is 5.97 Å². The van der Waals surface area contributed by atoms with Crippen molar-refractivity contribution in [2.75, 3.05) is 13.7 Å². The predicted octanol–water partition coefficient (Wildman–Crippen LogP) is 1.62. The van der Waals surface area contributed by atoms with Crippen LogP contribution in [0.4, 0.5) is 0 Å². The molecule has 0 aliphatic carbocycles. The molecule has 0 radical (unpaired) electrons. The van der Waals surface area contributed by atoms with Crippen molar-refractivity contribution in [2.45, 2.75) is 26.9 Å². The SMILES string of the molecule is COC(=O)[C@@H](O)CNC(=O)c1oc2c(C)ccc(C)c2c1C. The van der Waals surface area contributed by atoms with Crippen molar-refractivity contribution in [2.24, 2.45) is 0 Å². The minimum absolute atomic E-state index is 0.185. The largest absolute Gasteiger partial charge is 0.467 e. The van der Waals surface area contributed by atoms with E-state index in [1.54, 1.807) is 0 Å². The molecular formula is C16H19NO5. The molecule has 0 saturated carbocycles. The number of carbonyl (C=O) groups excluding carboxylic acids is 2. The first-order valence-electron chi connectivity index (χ1n) is 6.90. The van der Waals surface area contributed by atoms with E-state index in [0.717, 1.165) is 22.1 Å². The molecular weight excluding hydrogens is 286 g/mol. The number of aryl methyl sites for hydroxylation is 3. The fourth-order valence-electron chi connectivity index (χ4n) is 2.38. The van der Waals surface area contributed by atoms with Crippen molar-refractivity contribution in [3.05, 3.63) is 34.6 Å². The van der Waals surface area contributed by atoms with E-state index in [4.69, 9.17) is 4.42 Å². The Morgan fingerprint density at radius 2 is 1.91 bits per heavy atom. The zero-order valence-electron chi connectivity index (χ0n) is 13.0. The summed E-state index contributed by atoms with van der Waals surface area (Å²) in [7, 11) is 1.17. The van der Waals surface area contributed by atoms with Crippen LogP contribution in [0, 0.1) is 20.8 Å². The van der Waals surface area contributed by atoms with Gasteiger partial charge in [-0.25, -0.2) is 4.79 Å². The third kappa shape index (κ3) is 2.82. The Morgan fingerprint density at radius 1 is 1.27 bits per heavy atom. The summed E-state index contributed by atoms with van der Waals surface area (Å²) >= 11 is 0. The highest BCUT2D eigenvalue weighted by Crippen LogP contribution is 2.30. The van der Waals surface area contributed by atoms with E-state index < -0.39 is 18.0 Å². The van der Waals surface area contributed by atoms with Crippen LogP contribution in [0.25, 0.3) is 11.0 Å². The molecule has 0 unspecified atom stereocenters. The molecule has 1 aromatic heterocycles. The molecule has 0 bridgehead atoms. The molecule has 6 nitrogen and oxygen atoms in total. The number of rotatable bonds is 4. The molecule has 118 valence electrons. The van der Waals surface area contributed by atoms with Gasteiger partial charge in [0.2, 0.25) is 0 Å². The second-order valence-electron chi connectivity index (χ2n) is 5.21. The van der Waals surface area contributed by atoms with E-state index in [0.29, 0.717) is 5.58 Å². The fourth-order valence-corrected chi connectivity index (χ4v) is 2.38. The Morgan fingerprint density at radius 3 is 2.50 bits per heavy atom. The van der Waals surface area contributed by atoms with Crippen LogP contribution in [0.2, 0.25) is 0 Å². The molecule has 1 heterocycles. The van der Waals surface area contributed by atoms with Crippen molar-refractivity contribution >= 4 is 22.8 Å². The predicted molar refractivity (Wildman–Crippen MR) is 80.8 cm³/mol. The van der Waals surface area contributed by atoms with E-state index >= 15 is 0 Å². The topological polar surface area (TPSA) is 88.8 Å². The maximum Gasteiger partial charge on any atom is 0.336 e. The average molecular weight is 305 g/mol. The van der Waals surface area contributed by atoms with Crippen molar-refractivity contribution in [1.82, 2.24) is 5.32 Å². The number of carbonyl (C=O) groups is 2. The molecule has 0 fully saturated rings. The third-order valence-corrected chi connectivity index (χ3v) is 3.62. The van der Waals surface area contributed by atoms with Gasteiger partial charge in [-0.05, 0) is 31.9 Å². The number of ether oxygens (including phenoxy) is 1. The van der Waals surface area contributed by atoms with E-state index in [1.807, 2.05) is 32.9 Å². The van der Waals surface area contributed by atoms with Gasteiger partial charge in [-0.2, -0.15) is 0 Å². The molecule has 0 aliphatic heterocycles. The van der Waals surface area contributed by atoms with Crippen LogP contribution in [0.5, 0.6) is 0 Å². The second kappa shape index (κ2) is 6.19. The van der Waals surface area contributed by atoms with Crippen LogP contribution in [-0.4, -0.2) is 36.7 Å². The standard InChI is InChI=1S/C16H19NO5/c1-8-5-6-9(2)13-12(8)10(3)14(22-13)15(19)17-7-11(18)16(20)21-4/h5-6,11,18H,7H2,1-4H3,(H,17,19)/t11-/m0/s1. The molecule has 0 saturated heterocycles. The number of amides is 1. The number of fused-ring (bicyclic) bond motifs is 1. The normalized spacial score (nSPS) is 12.2. The van der Waals surface area contributed by atoms with Crippen molar-refractivity contribution in [1.29, 1.82) is 0 Å². The van der Waals surface area contributed by atoms with E-state index in [2.05, 4.69) is 10.1 Å². The average Bonchev–Trinajstić information content (AvgIpc) is 2.86. The van der Waals surface area contributed by atoms with Gasteiger partial charge in [-0.1, -0.05) is 12.1 Å². The zero-order valence-corrected chi connectivity index (χ0v) is 13.0. The Hall–Kier alpha value is -2.34. The summed E-state index contributed by atoms with van der Waals surface area (Å²) in [5.41, 5.74) is 3.38. The van der Waals surface area contributed by atoms with Crippen molar-refractivity contribution in [3.8, 4) is 0 Å². The lowest BCUT2D eigenvalue weighted by Crippen LogP contribution is -2.37. The number of esters is 1. The minimum atomic E-state index is -1.40. The molecule has 2 aromatic rings. The molecule has 1 amide bonds. The number of hydrogen-bond acceptors (Lipinski definition) is 5. The summed E-state index contributed by atoms with van der Waals surface area (Å²) in [5, 5.41) is 12.9. The monoisotopic (exact) mass is 305 g/mol. The van der Waals surface area contributed by atoms with Gasteiger partial charge in [0, 0.05) is 10.9 Å². The van der Waals surface area contributed by atoms with Gasteiger partial charge in [0.25, 0.3) is 5.91 Å². The molecule has 6 heteroatoms. The summed E-state index contributed by atoms with van der Waals surface area (Å²) in [5.74, 6) is -1.09. The molecule has 0 aliphatic rings. The maximum atomic E-state index is 12.2. The smallest absolute Gasteiger partial charge is 0.336 e. The highest BCUT2D eigenvalue weighted by atomic mass is 16.5. The first kappa shape index (κ1) is 16.0. The number of methoxy groups -OCH3 is 1. The van der Waals surface area contributed by atoms with Gasteiger partial charge in [-0.15, -0.1) is 0 Å². The number of nitrogens with one attached hydrogen (secondary N) is 1. The van der Waals surface area contributed by atoms with Crippen LogP contribution in [0.3, 0.4) is 0 Å². The fraction of sp³-hybridized carbons (Fsp3) is 0.375. The number of aliphatic hydroxyl groups is 1. The quantitative estimate of drug-likeness (QED) is 0.838. The molecule has 1 atom stereocenters. The van der Waals surface area contributed by atoms with Gasteiger partial charge in [0.1, 0.15) is 5.58 Å².